The SMILES string of the molecule is Cc1nn(-c2ccc(F)cc2)c(C)c1C(=O)OCc1nc(N)nc(Nc2ccc(F)cc2)n1. The number of nitrogens with zero attached hydrogens (tertiary/aromatic N) is 5. The lowest BCUT2D eigenvalue weighted by atomic mass is 10.2. The van der Waals surface area contributed by atoms with E-state index in [0.29, 0.717) is 22.8 Å². The van der Waals surface area contributed by atoms with Gasteiger partial charge in [0.05, 0.1) is 17.1 Å². The van der Waals surface area contributed by atoms with Crippen LogP contribution >= 0.6 is 0 Å². The van der Waals surface area contributed by atoms with Crippen molar-refractivity contribution in [1.82, 2.24) is 24.7 Å². The Morgan fingerprint density at radius 2 is 1.64 bits per heavy atom. The van der Waals surface area contributed by atoms with Gasteiger partial charge in [-0.1, -0.05) is 0 Å². The van der Waals surface area contributed by atoms with Crippen molar-refractivity contribution >= 4 is 23.6 Å². The molecule has 0 atom stereocenters. The maximum Gasteiger partial charge on any atom is 0.342 e. The van der Waals surface area contributed by atoms with Crippen LogP contribution in [-0.2, 0) is 11.3 Å². The van der Waals surface area contributed by atoms with E-state index in [1.807, 2.05) is 0 Å². The summed E-state index contributed by atoms with van der Waals surface area (Å²) in [6.45, 7) is 3.13. The van der Waals surface area contributed by atoms with Crippen molar-refractivity contribution in [3.8, 4) is 5.69 Å². The molecule has 0 radical (unpaired) electrons. The van der Waals surface area contributed by atoms with Gasteiger partial charge in [0.2, 0.25) is 11.9 Å². The van der Waals surface area contributed by atoms with Crippen molar-refractivity contribution in [2.45, 2.75) is 20.5 Å². The Hall–Kier alpha value is -4.41. The van der Waals surface area contributed by atoms with Crippen molar-refractivity contribution in [1.29, 1.82) is 0 Å². The lowest BCUT2D eigenvalue weighted by Crippen LogP contribution is -2.12. The van der Waals surface area contributed by atoms with Crippen LogP contribution in [0, 0.1) is 25.5 Å². The van der Waals surface area contributed by atoms with Gasteiger partial charge in [-0.2, -0.15) is 20.1 Å². The number of carbonyl (C=O) groups excluding carboxylic acids is 1. The van der Waals surface area contributed by atoms with Crippen LogP contribution in [0.3, 0.4) is 0 Å². The van der Waals surface area contributed by atoms with E-state index in [9.17, 15) is 13.6 Å². The van der Waals surface area contributed by atoms with Crippen LogP contribution in [0.4, 0.5) is 26.4 Å². The Morgan fingerprint density at radius 1 is 1.00 bits per heavy atom. The summed E-state index contributed by atoms with van der Waals surface area (Å²) in [6, 6.07) is 11.3. The molecular formula is C22H19F2N7O2. The number of rotatable bonds is 6. The molecule has 2 aromatic heterocycles. The second-order valence-electron chi connectivity index (χ2n) is 7.08. The zero-order valence-corrected chi connectivity index (χ0v) is 17.7. The smallest absolute Gasteiger partial charge is 0.342 e. The van der Waals surface area contributed by atoms with Gasteiger partial charge in [-0.25, -0.2) is 18.3 Å². The molecule has 2 aromatic carbocycles. The lowest BCUT2D eigenvalue weighted by molar-refractivity contribution is 0.0460. The molecule has 0 amide bonds. The fourth-order valence-electron chi connectivity index (χ4n) is 3.19. The molecule has 33 heavy (non-hydrogen) atoms. The predicted molar refractivity (Wildman–Crippen MR) is 116 cm³/mol. The number of nitrogen functional groups attached to an aromatic ring is 1. The van der Waals surface area contributed by atoms with Gasteiger partial charge in [-0.05, 0) is 62.4 Å². The average molecular weight is 451 g/mol. The van der Waals surface area contributed by atoms with Crippen LogP contribution in [0.2, 0.25) is 0 Å². The van der Waals surface area contributed by atoms with Crippen LogP contribution in [0.5, 0.6) is 0 Å². The molecule has 0 spiro atoms. The van der Waals surface area contributed by atoms with Crippen LogP contribution in [0.25, 0.3) is 5.69 Å². The quantitative estimate of drug-likeness (QED) is 0.426. The first kappa shape index (κ1) is 21.8. The van der Waals surface area contributed by atoms with Gasteiger partial charge in [0.1, 0.15) is 17.2 Å². The topological polar surface area (TPSA) is 121 Å². The highest BCUT2D eigenvalue weighted by atomic mass is 19.1. The highest BCUT2D eigenvalue weighted by Gasteiger charge is 2.21. The number of aromatic nitrogens is 5. The molecule has 0 fully saturated rings. The largest absolute Gasteiger partial charge is 0.454 e. The van der Waals surface area contributed by atoms with E-state index in [2.05, 4.69) is 25.4 Å². The maximum atomic E-state index is 13.2. The van der Waals surface area contributed by atoms with Gasteiger partial charge in [-0.15, -0.1) is 0 Å². The van der Waals surface area contributed by atoms with Crippen molar-refractivity contribution in [3.63, 3.8) is 0 Å². The third kappa shape index (κ3) is 4.92. The number of anilines is 3. The van der Waals surface area contributed by atoms with E-state index < -0.39 is 5.97 Å². The minimum absolute atomic E-state index is 0.0721. The molecular weight excluding hydrogens is 432 g/mol. The molecule has 0 unspecified atom stereocenters. The number of hydrogen-bond donors (Lipinski definition) is 2. The van der Waals surface area contributed by atoms with E-state index in [1.165, 1.54) is 41.1 Å². The number of halogens is 2. The van der Waals surface area contributed by atoms with Crippen molar-refractivity contribution in [2.75, 3.05) is 11.1 Å². The minimum Gasteiger partial charge on any atom is -0.454 e. The second kappa shape index (κ2) is 8.99. The lowest BCUT2D eigenvalue weighted by Gasteiger charge is -2.08. The van der Waals surface area contributed by atoms with Crippen LogP contribution in [-0.4, -0.2) is 30.7 Å². The highest BCUT2D eigenvalue weighted by Crippen LogP contribution is 2.20. The minimum atomic E-state index is -0.620. The summed E-state index contributed by atoms with van der Waals surface area (Å²) in [4.78, 5) is 24.9. The van der Waals surface area contributed by atoms with Gasteiger partial charge in [0.15, 0.2) is 12.4 Å². The third-order valence-electron chi connectivity index (χ3n) is 4.70. The molecule has 0 aliphatic rings. The number of esters is 1. The molecule has 3 N–H and O–H groups in total. The van der Waals surface area contributed by atoms with Crippen LogP contribution < -0.4 is 11.1 Å². The summed E-state index contributed by atoms with van der Waals surface area (Å²) in [7, 11) is 0. The number of ether oxygens (including phenoxy) is 1. The molecule has 4 rings (SSSR count). The van der Waals surface area contributed by atoms with E-state index in [1.54, 1.807) is 26.0 Å². The molecule has 11 heteroatoms. The van der Waals surface area contributed by atoms with E-state index in [4.69, 9.17) is 10.5 Å². The molecule has 2 heterocycles. The molecule has 9 nitrogen and oxygen atoms in total. The Bertz CT molecular complexity index is 1310. The number of nitrogens with one attached hydrogen (secondary N) is 1. The second-order valence-corrected chi connectivity index (χ2v) is 7.08. The molecule has 0 bridgehead atoms. The fourth-order valence-corrected chi connectivity index (χ4v) is 3.19. The first-order chi connectivity index (χ1) is 15.8. The summed E-state index contributed by atoms with van der Waals surface area (Å²) >= 11 is 0. The summed E-state index contributed by atoms with van der Waals surface area (Å²) < 4.78 is 33.2. The number of carbonyl (C=O) groups is 1. The molecule has 4 aromatic rings. The number of benzene rings is 2. The van der Waals surface area contributed by atoms with Crippen molar-refractivity contribution in [3.05, 3.63) is 82.9 Å². The van der Waals surface area contributed by atoms with E-state index in [0.717, 1.165) is 0 Å². The van der Waals surface area contributed by atoms with Gasteiger partial charge < -0.3 is 15.8 Å². The summed E-state index contributed by atoms with van der Waals surface area (Å²) in [5, 5.41) is 7.25. The zero-order chi connectivity index (χ0) is 23.5. The number of aryl methyl sites for hydroxylation is 1. The highest BCUT2D eigenvalue weighted by molar-refractivity contribution is 5.92. The standard InChI is InChI=1S/C22H19F2N7O2/c1-12-19(13(2)31(30-12)17-9-5-15(24)6-10-17)20(32)33-11-18-27-21(25)29-22(28-18)26-16-7-3-14(23)4-8-16/h3-10H,11H2,1-2H3,(H3,25,26,27,28,29). The van der Waals surface area contributed by atoms with Gasteiger partial charge in [0, 0.05) is 5.69 Å². The number of nitrogens with two attached hydrogens (primary N) is 1. The van der Waals surface area contributed by atoms with Gasteiger partial charge in [0.25, 0.3) is 0 Å². The Morgan fingerprint density at radius 3 is 2.30 bits per heavy atom. The molecule has 0 saturated heterocycles. The monoisotopic (exact) mass is 451 g/mol. The first-order valence-electron chi connectivity index (χ1n) is 9.82. The molecule has 0 aliphatic heterocycles. The molecule has 0 aliphatic carbocycles. The van der Waals surface area contributed by atoms with Gasteiger partial charge >= 0.3 is 5.97 Å². The summed E-state index contributed by atoms with van der Waals surface area (Å²) in [5.41, 5.74) is 8.17. The average Bonchev–Trinajstić information content (AvgIpc) is 3.08. The maximum absolute atomic E-state index is 13.2. The van der Waals surface area contributed by atoms with Crippen molar-refractivity contribution < 1.29 is 18.3 Å². The van der Waals surface area contributed by atoms with E-state index >= 15 is 0 Å². The molecule has 0 saturated carbocycles. The number of hydrogen-bond acceptors (Lipinski definition) is 8. The Labute approximate surface area is 187 Å². The normalized spacial score (nSPS) is 10.8. The summed E-state index contributed by atoms with van der Waals surface area (Å²) in [6.07, 6.45) is 0. The fraction of sp³-hybridized carbons (Fsp3) is 0.136. The zero-order valence-electron chi connectivity index (χ0n) is 17.7. The predicted octanol–water partition coefficient (Wildman–Crippen LogP) is 3.64. The molecule has 168 valence electrons. The third-order valence-corrected chi connectivity index (χ3v) is 4.70. The van der Waals surface area contributed by atoms with Crippen molar-refractivity contribution in [2.24, 2.45) is 0 Å². The van der Waals surface area contributed by atoms with Gasteiger partial charge in [-0.3, -0.25) is 0 Å². The summed E-state index contributed by atoms with van der Waals surface area (Å²) in [5.74, 6) is -1.19. The van der Waals surface area contributed by atoms with E-state index in [-0.39, 0.29) is 41.5 Å². The van der Waals surface area contributed by atoms with Crippen LogP contribution in [0.15, 0.2) is 48.5 Å². The Kier molecular flexibility index (Phi) is 5.94. The van der Waals surface area contributed by atoms with Crippen LogP contribution in [0.1, 0.15) is 27.6 Å². The Balaban J connectivity index is 1.49. The first-order valence-corrected chi connectivity index (χ1v) is 9.82.